The average molecular weight is 440 g/mol. The Morgan fingerprint density at radius 2 is 1.62 bits per heavy atom. The molecule has 1 N–H and O–H groups in total. The smallest absolute Gasteiger partial charge is 0.261 e. The van der Waals surface area contributed by atoms with Crippen LogP contribution in [0.5, 0.6) is 0 Å². The molecular weight excluding hydrogens is 406 g/mol. The molecule has 4 amide bonds. The van der Waals surface area contributed by atoms with Crippen LogP contribution in [0, 0.1) is 5.92 Å². The van der Waals surface area contributed by atoms with Crippen molar-refractivity contribution in [1.82, 2.24) is 15.1 Å². The zero-order valence-electron chi connectivity index (χ0n) is 19.1. The minimum Gasteiger partial charge on any atom is -0.349 e. The number of carbonyl (C=O) groups excluding carboxylic acids is 4. The largest absolute Gasteiger partial charge is 0.349 e. The first-order valence-electron chi connectivity index (χ1n) is 12.0. The Bertz CT molecular complexity index is 912. The summed E-state index contributed by atoms with van der Waals surface area (Å²) < 4.78 is 0. The molecule has 0 aromatic heterocycles. The molecule has 1 aromatic rings. The summed E-state index contributed by atoms with van der Waals surface area (Å²) in [5, 5.41) is 3.04. The highest BCUT2D eigenvalue weighted by atomic mass is 16.2. The lowest BCUT2D eigenvalue weighted by Gasteiger charge is -2.33. The van der Waals surface area contributed by atoms with Crippen molar-refractivity contribution in [3.63, 3.8) is 0 Å². The van der Waals surface area contributed by atoms with Crippen LogP contribution < -0.4 is 5.32 Å². The monoisotopic (exact) mass is 439 g/mol. The first kappa shape index (κ1) is 22.5. The fourth-order valence-electron chi connectivity index (χ4n) is 5.09. The number of carbonyl (C=O) groups is 4. The number of benzene rings is 1. The van der Waals surface area contributed by atoms with E-state index in [2.05, 4.69) is 5.32 Å². The Labute approximate surface area is 189 Å². The van der Waals surface area contributed by atoms with E-state index in [1.807, 2.05) is 18.7 Å². The van der Waals surface area contributed by atoms with E-state index in [0.717, 1.165) is 32.1 Å². The Kier molecular flexibility index (Phi) is 6.63. The molecule has 3 aliphatic rings. The van der Waals surface area contributed by atoms with Gasteiger partial charge in [0.15, 0.2) is 0 Å². The molecule has 2 fully saturated rings. The second kappa shape index (κ2) is 9.43. The average Bonchev–Trinajstić information content (AvgIpc) is 3.04. The van der Waals surface area contributed by atoms with Crippen molar-refractivity contribution >= 4 is 23.6 Å². The number of nitrogens with one attached hydrogen (secondary N) is 1. The Morgan fingerprint density at radius 1 is 0.969 bits per heavy atom. The molecule has 1 saturated carbocycles. The van der Waals surface area contributed by atoms with E-state index in [1.165, 1.54) is 4.90 Å². The van der Waals surface area contributed by atoms with Crippen LogP contribution in [0.25, 0.3) is 0 Å². The highest BCUT2D eigenvalue weighted by molar-refractivity contribution is 6.22. The van der Waals surface area contributed by atoms with Crippen molar-refractivity contribution in [2.75, 3.05) is 13.1 Å². The van der Waals surface area contributed by atoms with Crippen LogP contribution >= 0.6 is 0 Å². The quantitative estimate of drug-likeness (QED) is 0.713. The Morgan fingerprint density at radius 3 is 2.28 bits per heavy atom. The van der Waals surface area contributed by atoms with Gasteiger partial charge in [0.2, 0.25) is 5.91 Å². The molecule has 2 aliphatic heterocycles. The Balaban J connectivity index is 1.37. The number of fused-ring (bicyclic) bond motifs is 1. The third-order valence-corrected chi connectivity index (χ3v) is 6.89. The minimum absolute atomic E-state index is 0.00470. The second-order valence-electron chi connectivity index (χ2n) is 9.76. The van der Waals surface area contributed by atoms with Gasteiger partial charge in [-0.2, -0.15) is 0 Å². The fraction of sp³-hybridized carbons (Fsp3) is 0.600. The molecule has 1 saturated heterocycles. The van der Waals surface area contributed by atoms with Crippen molar-refractivity contribution in [2.24, 2.45) is 5.92 Å². The Hall–Kier alpha value is -2.70. The molecule has 0 spiro atoms. The topological polar surface area (TPSA) is 86.8 Å². The SMILES string of the molecule is CC(C)CC(=O)N1CCC(NC(=O)c2ccc3c(c2)C(=O)N(C2CCCCC2)C3=O)CC1. The van der Waals surface area contributed by atoms with Crippen LogP contribution in [-0.4, -0.2) is 58.6 Å². The normalized spacial score (nSPS) is 20.1. The summed E-state index contributed by atoms with van der Waals surface area (Å²) >= 11 is 0. The standard InChI is InChI=1S/C25H33N3O4/c1-16(2)14-22(29)27-12-10-18(11-13-27)26-23(30)17-8-9-20-21(15-17)25(32)28(24(20)31)19-6-4-3-5-7-19/h8-9,15-16,18-19H,3-7,10-14H2,1-2H3,(H,26,30). The van der Waals surface area contributed by atoms with Gasteiger partial charge in [-0.3, -0.25) is 24.1 Å². The van der Waals surface area contributed by atoms with Crippen LogP contribution in [0.4, 0.5) is 0 Å². The summed E-state index contributed by atoms with van der Waals surface area (Å²) in [6.45, 7) is 5.36. The van der Waals surface area contributed by atoms with Crippen LogP contribution in [0.15, 0.2) is 18.2 Å². The molecule has 0 radical (unpaired) electrons. The van der Waals surface area contributed by atoms with Gasteiger partial charge >= 0.3 is 0 Å². The van der Waals surface area contributed by atoms with Crippen molar-refractivity contribution in [3.8, 4) is 0 Å². The molecular formula is C25H33N3O4. The lowest BCUT2D eigenvalue weighted by Crippen LogP contribution is -2.46. The number of piperidine rings is 1. The maximum atomic E-state index is 13.0. The van der Waals surface area contributed by atoms with E-state index in [1.54, 1.807) is 18.2 Å². The van der Waals surface area contributed by atoms with Gasteiger partial charge in [0.05, 0.1) is 11.1 Å². The van der Waals surface area contributed by atoms with Crippen molar-refractivity contribution in [1.29, 1.82) is 0 Å². The van der Waals surface area contributed by atoms with Gasteiger partial charge in [0.25, 0.3) is 17.7 Å². The molecule has 1 aliphatic carbocycles. The number of nitrogens with zero attached hydrogens (tertiary/aromatic N) is 2. The lowest BCUT2D eigenvalue weighted by molar-refractivity contribution is -0.133. The highest BCUT2D eigenvalue weighted by Gasteiger charge is 2.40. The summed E-state index contributed by atoms with van der Waals surface area (Å²) in [5.41, 5.74) is 1.13. The molecule has 0 unspecified atom stereocenters. The molecule has 0 bridgehead atoms. The van der Waals surface area contributed by atoms with E-state index < -0.39 is 0 Å². The van der Waals surface area contributed by atoms with Gasteiger partial charge in [0.1, 0.15) is 0 Å². The van der Waals surface area contributed by atoms with Crippen LogP contribution in [-0.2, 0) is 4.79 Å². The molecule has 0 atom stereocenters. The zero-order chi connectivity index (χ0) is 22.8. The molecule has 32 heavy (non-hydrogen) atoms. The lowest BCUT2D eigenvalue weighted by atomic mass is 9.94. The summed E-state index contributed by atoms with van der Waals surface area (Å²) in [6.07, 6.45) is 6.92. The minimum atomic E-state index is -0.275. The molecule has 7 nitrogen and oxygen atoms in total. The molecule has 1 aromatic carbocycles. The first-order chi connectivity index (χ1) is 15.3. The van der Waals surface area contributed by atoms with Gasteiger partial charge in [-0.1, -0.05) is 33.1 Å². The number of hydrogen-bond donors (Lipinski definition) is 1. The predicted molar refractivity (Wildman–Crippen MR) is 120 cm³/mol. The molecule has 4 rings (SSSR count). The third-order valence-electron chi connectivity index (χ3n) is 6.89. The number of imide groups is 1. The number of rotatable bonds is 5. The maximum Gasteiger partial charge on any atom is 0.261 e. The summed E-state index contributed by atoms with van der Waals surface area (Å²) in [4.78, 5) is 54.2. The molecule has 172 valence electrons. The second-order valence-corrected chi connectivity index (χ2v) is 9.76. The van der Waals surface area contributed by atoms with E-state index in [0.29, 0.717) is 55.0 Å². The summed E-state index contributed by atoms with van der Waals surface area (Å²) in [7, 11) is 0. The van der Waals surface area contributed by atoms with E-state index >= 15 is 0 Å². The van der Waals surface area contributed by atoms with E-state index in [9.17, 15) is 19.2 Å². The van der Waals surface area contributed by atoms with Gasteiger partial charge in [-0.05, 0) is 49.8 Å². The van der Waals surface area contributed by atoms with Crippen molar-refractivity contribution in [3.05, 3.63) is 34.9 Å². The molecule has 2 heterocycles. The third kappa shape index (κ3) is 4.57. The first-order valence-corrected chi connectivity index (χ1v) is 12.0. The van der Waals surface area contributed by atoms with Crippen LogP contribution in [0.2, 0.25) is 0 Å². The highest BCUT2D eigenvalue weighted by Crippen LogP contribution is 2.31. The predicted octanol–water partition coefficient (Wildman–Crippen LogP) is 3.38. The fourth-order valence-corrected chi connectivity index (χ4v) is 5.09. The van der Waals surface area contributed by atoms with E-state index in [-0.39, 0.29) is 35.7 Å². The van der Waals surface area contributed by atoms with Crippen LogP contribution in [0.1, 0.15) is 96.3 Å². The van der Waals surface area contributed by atoms with Crippen LogP contribution in [0.3, 0.4) is 0 Å². The van der Waals surface area contributed by atoms with Crippen molar-refractivity contribution < 1.29 is 19.2 Å². The number of hydrogen-bond acceptors (Lipinski definition) is 4. The zero-order valence-corrected chi connectivity index (χ0v) is 19.1. The van der Waals surface area contributed by atoms with Gasteiger partial charge in [-0.15, -0.1) is 0 Å². The molecule has 7 heteroatoms. The van der Waals surface area contributed by atoms with Gasteiger partial charge < -0.3 is 10.2 Å². The summed E-state index contributed by atoms with van der Waals surface area (Å²) in [5.74, 6) is -0.237. The summed E-state index contributed by atoms with van der Waals surface area (Å²) in [6, 6.07) is 4.77. The van der Waals surface area contributed by atoms with Crippen molar-refractivity contribution in [2.45, 2.75) is 77.3 Å². The van der Waals surface area contributed by atoms with Gasteiger partial charge in [0, 0.05) is 37.2 Å². The number of amides is 4. The maximum absolute atomic E-state index is 13.0. The van der Waals surface area contributed by atoms with E-state index in [4.69, 9.17) is 0 Å². The number of likely N-dealkylation sites (tertiary alicyclic amines) is 1. The van der Waals surface area contributed by atoms with Gasteiger partial charge in [-0.25, -0.2) is 0 Å².